The molecule has 3 nitrogen and oxygen atoms in total. The molecule has 0 aliphatic rings. The van der Waals surface area contributed by atoms with Crippen LogP contribution in [0.3, 0.4) is 0 Å². The predicted octanol–water partition coefficient (Wildman–Crippen LogP) is 4.35. The molecule has 3 rings (SSSR count). The summed E-state index contributed by atoms with van der Waals surface area (Å²) in [5.41, 5.74) is 5.88. The zero-order valence-corrected chi connectivity index (χ0v) is 13.0. The summed E-state index contributed by atoms with van der Waals surface area (Å²) in [7, 11) is 0. The van der Waals surface area contributed by atoms with Gasteiger partial charge in [0, 0.05) is 33.7 Å². The van der Waals surface area contributed by atoms with E-state index in [0.29, 0.717) is 0 Å². The second kappa shape index (κ2) is 8.91. The quantitative estimate of drug-likeness (QED) is 0.619. The van der Waals surface area contributed by atoms with Gasteiger partial charge in [-0.15, -0.1) is 34.0 Å². The van der Waals surface area contributed by atoms with Crippen LogP contribution in [0.25, 0.3) is 0 Å². The third kappa shape index (κ3) is 7.26. The zero-order chi connectivity index (χ0) is 13.2. The van der Waals surface area contributed by atoms with Gasteiger partial charge in [-0.25, -0.2) is 0 Å². The van der Waals surface area contributed by atoms with Crippen molar-refractivity contribution in [1.82, 2.24) is 15.0 Å². The standard InChI is InChI=1S/3C4H5NS/c2*1-4-2-6-3-5-4;1-4-5-2-3-6-4/h3*2-3H,1H3. The summed E-state index contributed by atoms with van der Waals surface area (Å²) < 4.78 is 0. The Morgan fingerprint density at radius 3 is 1.50 bits per heavy atom. The van der Waals surface area contributed by atoms with E-state index in [2.05, 4.69) is 15.0 Å². The van der Waals surface area contributed by atoms with E-state index in [1.54, 1.807) is 40.2 Å². The first-order chi connectivity index (χ1) is 8.68. The highest BCUT2D eigenvalue weighted by Gasteiger charge is 1.77. The van der Waals surface area contributed by atoms with Crippen molar-refractivity contribution in [2.45, 2.75) is 20.8 Å². The molecule has 0 atom stereocenters. The molecular formula is C12H15N3S3. The molecule has 0 fully saturated rings. The van der Waals surface area contributed by atoms with Crippen molar-refractivity contribution in [3.8, 4) is 0 Å². The molecule has 3 heterocycles. The van der Waals surface area contributed by atoms with Crippen LogP contribution in [0.2, 0.25) is 0 Å². The van der Waals surface area contributed by atoms with Crippen molar-refractivity contribution < 1.29 is 0 Å². The first-order valence-electron chi connectivity index (χ1n) is 5.24. The van der Waals surface area contributed by atoms with Gasteiger partial charge in [-0.05, 0) is 20.8 Å². The third-order valence-electron chi connectivity index (χ3n) is 1.67. The summed E-state index contributed by atoms with van der Waals surface area (Å²) in [6.07, 6.45) is 1.81. The highest BCUT2D eigenvalue weighted by molar-refractivity contribution is 7.09. The topological polar surface area (TPSA) is 38.7 Å². The van der Waals surface area contributed by atoms with Crippen molar-refractivity contribution in [3.63, 3.8) is 0 Å². The molecule has 18 heavy (non-hydrogen) atoms. The normalized spacial score (nSPS) is 8.83. The van der Waals surface area contributed by atoms with Crippen LogP contribution in [0.5, 0.6) is 0 Å². The van der Waals surface area contributed by atoms with Crippen LogP contribution in [0.4, 0.5) is 0 Å². The van der Waals surface area contributed by atoms with Gasteiger partial charge in [0.15, 0.2) is 0 Å². The van der Waals surface area contributed by atoms with Crippen LogP contribution in [0.15, 0.2) is 33.4 Å². The first kappa shape index (κ1) is 14.9. The molecule has 0 bridgehead atoms. The van der Waals surface area contributed by atoms with E-state index in [-0.39, 0.29) is 0 Å². The van der Waals surface area contributed by atoms with E-state index in [1.807, 2.05) is 47.9 Å². The van der Waals surface area contributed by atoms with E-state index < -0.39 is 0 Å². The van der Waals surface area contributed by atoms with Crippen molar-refractivity contribution >= 4 is 34.0 Å². The minimum Gasteiger partial charge on any atom is -0.250 e. The molecule has 0 N–H and O–H groups in total. The lowest BCUT2D eigenvalue weighted by molar-refractivity contribution is 1.27. The van der Waals surface area contributed by atoms with Gasteiger partial charge in [0.05, 0.1) is 16.0 Å². The summed E-state index contributed by atoms with van der Waals surface area (Å²) >= 11 is 4.92. The average molecular weight is 297 g/mol. The van der Waals surface area contributed by atoms with Crippen LogP contribution in [0, 0.1) is 20.8 Å². The molecule has 0 aliphatic carbocycles. The van der Waals surface area contributed by atoms with E-state index in [9.17, 15) is 0 Å². The number of thiazole rings is 3. The molecule has 0 radical (unpaired) electrons. The maximum Gasteiger partial charge on any atom is 0.0893 e. The molecule has 6 heteroatoms. The number of aryl methyl sites for hydroxylation is 3. The zero-order valence-electron chi connectivity index (χ0n) is 10.5. The Morgan fingerprint density at radius 1 is 0.833 bits per heavy atom. The Morgan fingerprint density at radius 2 is 1.39 bits per heavy atom. The molecule has 3 aromatic heterocycles. The Bertz CT molecular complexity index is 410. The van der Waals surface area contributed by atoms with Gasteiger partial charge in [-0.3, -0.25) is 15.0 Å². The molecule has 0 saturated heterocycles. The highest BCUT2D eigenvalue weighted by atomic mass is 32.1. The molecule has 0 spiro atoms. The van der Waals surface area contributed by atoms with Gasteiger partial charge in [0.25, 0.3) is 0 Å². The van der Waals surface area contributed by atoms with Crippen molar-refractivity contribution in [2.75, 3.05) is 0 Å². The number of hydrogen-bond donors (Lipinski definition) is 0. The maximum atomic E-state index is 3.94. The van der Waals surface area contributed by atoms with Gasteiger partial charge in [-0.1, -0.05) is 0 Å². The molecule has 0 unspecified atom stereocenters. The van der Waals surface area contributed by atoms with Gasteiger partial charge in [0.1, 0.15) is 0 Å². The van der Waals surface area contributed by atoms with E-state index in [0.717, 1.165) is 16.4 Å². The SMILES string of the molecule is Cc1cscn1.Cc1cscn1.Cc1nccs1. The summed E-state index contributed by atoms with van der Waals surface area (Å²) in [4.78, 5) is 11.8. The van der Waals surface area contributed by atoms with E-state index in [1.165, 1.54) is 0 Å². The maximum absolute atomic E-state index is 3.94. The average Bonchev–Trinajstić information content (AvgIpc) is 3.05. The summed E-state index contributed by atoms with van der Waals surface area (Å²) in [5.74, 6) is 0. The lowest BCUT2D eigenvalue weighted by Gasteiger charge is -1.65. The minimum atomic E-state index is 1.11. The number of nitrogens with zero attached hydrogens (tertiary/aromatic N) is 3. The van der Waals surface area contributed by atoms with Gasteiger partial charge >= 0.3 is 0 Å². The van der Waals surface area contributed by atoms with Crippen molar-refractivity contribution in [1.29, 1.82) is 0 Å². The van der Waals surface area contributed by atoms with Crippen LogP contribution in [0.1, 0.15) is 16.4 Å². The second-order valence-corrected chi connectivity index (χ2v) is 5.85. The number of rotatable bonds is 0. The summed E-state index contributed by atoms with van der Waals surface area (Å²) in [6.45, 7) is 5.96. The monoisotopic (exact) mass is 297 g/mol. The molecule has 0 aliphatic heterocycles. The van der Waals surface area contributed by atoms with E-state index >= 15 is 0 Å². The van der Waals surface area contributed by atoms with Crippen LogP contribution < -0.4 is 0 Å². The van der Waals surface area contributed by atoms with Crippen LogP contribution in [-0.2, 0) is 0 Å². The fourth-order valence-electron chi connectivity index (χ4n) is 0.841. The minimum absolute atomic E-state index is 1.11. The Balaban J connectivity index is 0.000000135. The van der Waals surface area contributed by atoms with Gasteiger partial charge < -0.3 is 0 Å². The Kier molecular flexibility index (Phi) is 7.40. The molecule has 0 saturated carbocycles. The second-order valence-electron chi connectivity index (χ2n) is 3.31. The van der Waals surface area contributed by atoms with Crippen LogP contribution >= 0.6 is 34.0 Å². The number of aromatic nitrogens is 3. The van der Waals surface area contributed by atoms with Crippen LogP contribution in [-0.4, -0.2) is 15.0 Å². The van der Waals surface area contributed by atoms with Gasteiger partial charge in [-0.2, -0.15) is 0 Å². The fourth-order valence-corrected chi connectivity index (χ4v) is 2.37. The smallest absolute Gasteiger partial charge is 0.0893 e. The molecule has 96 valence electrons. The Labute approximate surface area is 119 Å². The molecule has 0 aromatic carbocycles. The lowest BCUT2D eigenvalue weighted by Crippen LogP contribution is -1.59. The van der Waals surface area contributed by atoms with E-state index in [4.69, 9.17) is 0 Å². The summed E-state index contributed by atoms with van der Waals surface area (Å²) in [6, 6.07) is 0. The highest BCUT2D eigenvalue weighted by Crippen LogP contribution is 1.98. The third-order valence-corrected chi connectivity index (χ3v) is 3.78. The largest absolute Gasteiger partial charge is 0.250 e. The molecule has 0 amide bonds. The fraction of sp³-hybridized carbons (Fsp3) is 0.250. The first-order valence-corrected chi connectivity index (χ1v) is 8.00. The summed E-state index contributed by atoms with van der Waals surface area (Å²) in [5, 5.41) is 7.13. The van der Waals surface area contributed by atoms with Crippen molar-refractivity contribution in [3.05, 3.63) is 49.8 Å². The molecule has 3 aromatic rings. The van der Waals surface area contributed by atoms with Gasteiger partial charge in [0.2, 0.25) is 0 Å². The lowest BCUT2D eigenvalue weighted by atomic mass is 10.6. The predicted molar refractivity (Wildman–Crippen MR) is 80.6 cm³/mol. The molecular weight excluding hydrogens is 282 g/mol. The number of hydrogen-bond acceptors (Lipinski definition) is 6. The van der Waals surface area contributed by atoms with Crippen molar-refractivity contribution in [2.24, 2.45) is 0 Å². The Hall–Kier alpha value is -1.11.